The second-order valence-corrected chi connectivity index (χ2v) is 7.77. The molecule has 158 valence electrons. The van der Waals surface area contributed by atoms with Crippen LogP contribution in [0.1, 0.15) is 11.4 Å². The van der Waals surface area contributed by atoms with E-state index in [4.69, 9.17) is 15.2 Å². The lowest BCUT2D eigenvalue weighted by Gasteiger charge is -2.13. The van der Waals surface area contributed by atoms with Crippen molar-refractivity contribution in [1.82, 2.24) is 9.97 Å². The Bertz CT molecular complexity index is 1220. The van der Waals surface area contributed by atoms with Crippen molar-refractivity contribution in [3.8, 4) is 22.6 Å². The standard InChI is InChI=1S/C23H22N4O3S/c1-14-26-22(21-17(13-31-23(21)27-14)16-6-4-3-5-7-16)25-11-15-8-9-18(19(10-15)29-2)30-12-20(24)28/h3-10,13H,11-12H2,1-2H3,(H2,24,28)(H,25,26,27). The van der Waals surface area contributed by atoms with Crippen LogP contribution in [0.2, 0.25) is 0 Å². The van der Waals surface area contributed by atoms with Gasteiger partial charge in [-0.05, 0) is 30.2 Å². The van der Waals surface area contributed by atoms with Crippen LogP contribution in [0.15, 0.2) is 53.9 Å². The summed E-state index contributed by atoms with van der Waals surface area (Å²) in [5.74, 6) is 1.96. The number of carbonyl (C=O) groups excluding carboxylic acids is 1. The fourth-order valence-electron chi connectivity index (χ4n) is 3.28. The summed E-state index contributed by atoms with van der Waals surface area (Å²) in [6.45, 7) is 2.22. The molecule has 2 heterocycles. The average Bonchev–Trinajstić information content (AvgIpc) is 3.20. The number of ether oxygens (including phenoxy) is 2. The number of nitrogens with two attached hydrogens (primary N) is 1. The molecule has 0 fully saturated rings. The van der Waals surface area contributed by atoms with Gasteiger partial charge in [-0.2, -0.15) is 0 Å². The minimum absolute atomic E-state index is 0.202. The lowest BCUT2D eigenvalue weighted by atomic mass is 10.1. The van der Waals surface area contributed by atoms with Crippen molar-refractivity contribution in [2.45, 2.75) is 13.5 Å². The molecule has 0 unspecified atom stereocenters. The fraction of sp³-hybridized carbons (Fsp3) is 0.174. The van der Waals surface area contributed by atoms with Gasteiger partial charge in [0.2, 0.25) is 0 Å². The summed E-state index contributed by atoms with van der Waals surface area (Å²) in [6.07, 6.45) is 0. The first-order valence-electron chi connectivity index (χ1n) is 9.68. The zero-order chi connectivity index (χ0) is 21.8. The maximum absolute atomic E-state index is 11.0. The summed E-state index contributed by atoms with van der Waals surface area (Å²) in [5, 5.41) is 6.57. The lowest BCUT2D eigenvalue weighted by Crippen LogP contribution is -2.20. The minimum atomic E-state index is -0.541. The van der Waals surface area contributed by atoms with Gasteiger partial charge in [-0.15, -0.1) is 11.3 Å². The number of fused-ring (bicyclic) bond motifs is 1. The molecule has 7 nitrogen and oxygen atoms in total. The number of methoxy groups -OCH3 is 1. The van der Waals surface area contributed by atoms with Crippen LogP contribution in [0, 0.1) is 6.92 Å². The van der Waals surface area contributed by atoms with Crippen molar-refractivity contribution in [1.29, 1.82) is 0 Å². The molecule has 0 aliphatic rings. The van der Waals surface area contributed by atoms with Gasteiger partial charge in [0, 0.05) is 17.5 Å². The van der Waals surface area contributed by atoms with Crippen LogP contribution in [-0.2, 0) is 11.3 Å². The van der Waals surface area contributed by atoms with Crippen LogP contribution < -0.4 is 20.5 Å². The summed E-state index contributed by atoms with van der Waals surface area (Å²) >= 11 is 1.61. The predicted molar refractivity (Wildman–Crippen MR) is 123 cm³/mol. The first kappa shape index (κ1) is 20.6. The molecule has 0 aliphatic carbocycles. The van der Waals surface area contributed by atoms with Crippen LogP contribution in [-0.4, -0.2) is 29.6 Å². The maximum Gasteiger partial charge on any atom is 0.255 e. The number of amides is 1. The van der Waals surface area contributed by atoms with E-state index in [1.807, 2.05) is 37.3 Å². The van der Waals surface area contributed by atoms with E-state index in [9.17, 15) is 4.79 Å². The van der Waals surface area contributed by atoms with Crippen LogP contribution in [0.4, 0.5) is 5.82 Å². The van der Waals surface area contributed by atoms with Crippen molar-refractivity contribution < 1.29 is 14.3 Å². The van der Waals surface area contributed by atoms with Crippen LogP contribution in [0.3, 0.4) is 0 Å². The Morgan fingerprint density at radius 1 is 1.13 bits per heavy atom. The number of thiophene rings is 1. The molecule has 1 amide bonds. The van der Waals surface area contributed by atoms with Crippen LogP contribution >= 0.6 is 11.3 Å². The fourth-order valence-corrected chi connectivity index (χ4v) is 4.28. The summed E-state index contributed by atoms with van der Waals surface area (Å²) < 4.78 is 10.8. The Hall–Kier alpha value is -3.65. The highest BCUT2D eigenvalue weighted by molar-refractivity contribution is 7.17. The number of hydrogen-bond acceptors (Lipinski definition) is 7. The number of carbonyl (C=O) groups is 1. The molecular weight excluding hydrogens is 412 g/mol. The molecule has 0 spiro atoms. The summed E-state index contributed by atoms with van der Waals surface area (Å²) in [4.78, 5) is 21.2. The van der Waals surface area contributed by atoms with E-state index >= 15 is 0 Å². The molecule has 2 aromatic heterocycles. The van der Waals surface area contributed by atoms with Gasteiger partial charge in [0.25, 0.3) is 5.91 Å². The minimum Gasteiger partial charge on any atom is -0.493 e. The number of rotatable bonds is 8. The first-order valence-corrected chi connectivity index (χ1v) is 10.6. The number of aromatic nitrogens is 2. The third-order valence-corrected chi connectivity index (χ3v) is 5.56. The number of nitrogens with one attached hydrogen (secondary N) is 1. The highest BCUT2D eigenvalue weighted by atomic mass is 32.1. The second-order valence-electron chi connectivity index (χ2n) is 6.91. The summed E-state index contributed by atoms with van der Waals surface area (Å²) in [5.41, 5.74) is 8.36. The number of hydrogen-bond donors (Lipinski definition) is 2. The van der Waals surface area contributed by atoms with Gasteiger partial charge in [-0.25, -0.2) is 9.97 Å². The van der Waals surface area contributed by atoms with Crippen LogP contribution in [0.5, 0.6) is 11.5 Å². The highest BCUT2D eigenvalue weighted by Gasteiger charge is 2.15. The third kappa shape index (κ3) is 4.59. The Labute approximate surface area is 183 Å². The number of aryl methyl sites for hydroxylation is 1. The second kappa shape index (κ2) is 9.01. The Kier molecular flexibility index (Phi) is 5.99. The highest BCUT2D eigenvalue weighted by Crippen LogP contribution is 2.37. The topological polar surface area (TPSA) is 99.4 Å². The van der Waals surface area contributed by atoms with E-state index in [0.717, 1.165) is 32.7 Å². The first-order chi connectivity index (χ1) is 15.0. The van der Waals surface area contributed by atoms with Gasteiger partial charge in [0.05, 0.1) is 12.5 Å². The van der Waals surface area contributed by atoms with Crippen molar-refractivity contribution in [2.75, 3.05) is 19.0 Å². The summed E-state index contributed by atoms with van der Waals surface area (Å²) in [6, 6.07) is 15.7. The van der Waals surface area contributed by atoms with E-state index < -0.39 is 5.91 Å². The molecule has 0 atom stereocenters. The molecule has 2 aromatic carbocycles. The van der Waals surface area contributed by atoms with Crippen molar-refractivity contribution in [3.63, 3.8) is 0 Å². The number of primary amides is 1. The Balaban J connectivity index is 1.62. The number of anilines is 1. The molecular formula is C23H22N4O3S. The molecule has 0 radical (unpaired) electrons. The van der Waals surface area contributed by atoms with Crippen LogP contribution in [0.25, 0.3) is 21.3 Å². The third-order valence-electron chi connectivity index (χ3n) is 4.69. The van der Waals surface area contributed by atoms with E-state index in [1.54, 1.807) is 24.5 Å². The van der Waals surface area contributed by atoms with Gasteiger partial charge in [0.1, 0.15) is 16.5 Å². The van der Waals surface area contributed by atoms with E-state index in [-0.39, 0.29) is 6.61 Å². The monoisotopic (exact) mass is 434 g/mol. The molecule has 0 saturated carbocycles. The lowest BCUT2D eigenvalue weighted by molar-refractivity contribution is -0.119. The number of nitrogens with zero attached hydrogens (tertiary/aromatic N) is 2. The molecule has 0 bridgehead atoms. The summed E-state index contributed by atoms with van der Waals surface area (Å²) in [7, 11) is 1.55. The van der Waals surface area contributed by atoms with E-state index in [0.29, 0.717) is 23.9 Å². The normalized spacial score (nSPS) is 10.8. The molecule has 8 heteroatoms. The quantitative estimate of drug-likeness (QED) is 0.432. The smallest absolute Gasteiger partial charge is 0.255 e. The molecule has 4 rings (SSSR count). The number of benzene rings is 2. The van der Waals surface area contributed by atoms with Crippen molar-refractivity contribution in [3.05, 3.63) is 65.3 Å². The zero-order valence-electron chi connectivity index (χ0n) is 17.2. The average molecular weight is 435 g/mol. The molecule has 0 aliphatic heterocycles. The maximum atomic E-state index is 11.0. The molecule has 0 saturated heterocycles. The largest absolute Gasteiger partial charge is 0.493 e. The van der Waals surface area contributed by atoms with Crippen molar-refractivity contribution >= 4 is 33.3 Å². The predicted octanol–water partition coefficient (Wildman–Crippen LogP) is 4.15. The Morgan fingerprint density at radius 3 is 2.68 bits per heavy atom. The zero-order valence-corrected chi connectivity index (χ0v) is 18.0. The van der Waals surface area contributed by atoms with Gasteiger partial charge in [-0.1, -0.05) is 36.4 Å². The molecule has 3 N–H and O–H groups in total. The van der Waals surface area contributed by atoms with E-state index in [2.05, 4.69) is 32.8 Å². The molecule has 31 heavy (non-hydrogen) atoms. The van der Waals surface area contributed by atoms with E-state index in [1.165, 1.54) is 0 Å². The van der Waals surface area contributed by atoms with Gasteiger partial charge >= 0.3 is 0 Å². The van der Waals surface area contributed by atoms with Crippen molar-refractivity contribution in [2.24, 2.45) is 5.73 Å². The SMILES string of the molecule is COc1cc(CNc2nc(C)nc3scc(-c4ccccc4)c23)ccc1OCC(N)=O. The molecule has 4 aromatic rings. The van der Waals surface area contributed by atoms with Gasteiger partial charge in [0.15, 0.2) is 18.1 Å². The Morgan fingerprint density at radius 2 is 1.94 bits per heavy atom. The van der Waals surface area contributed by atoms with Gasteiger partial charge < -0.3 is 20.5 Å². The van der Waals surface area contributed by atoms with Gasteiger partial charge in [-0.3, -0.25) is 4.79 Å².